The lowest BCUT2D eigenvalue weighted by molar-refractivity contribution is 0.0920. The molecule has 1 unspecified atom stereocenters. The fourth-order valence-corrected chi connectivity index (χ4v) is 3.25. The maximum absolute atomic E-state index is 5.54. The van der Waals surface area contributed by atoms with Crippen LogP contribution in [0, 0.1) is 17.8 Å². The molecule has 12 heavy (non-hydrogen) atoms. The van der Waals surface area contributed by atoms with Crippen molar-refractivity contribution in [2.24, 2.45) is 23.5 Å². The van der Waals surface area contributed by atoms with Crippen LogP contribution >= 0.6 is 0 Å². The third-order valence-electron chi connectivity index (χ3n) is 3.97. The predicted octanol–water partition coefficient (Wildman–Crippen LogP) is 2.55. The van der Waals surface area contributed by atoms with E-state index in [4.69, 9.17) is 5.73 Å². The highest BCUT2D eigenvalue weighted by molar-refractivity contribution is 4.86. The van der Waals surface area contributed by atoms with Crippen molar-refractivity contribution in [3.63, 3.8) is 0 Å². The maximum atomic E-state index is 5.54. The number of fused-ring (bicyclic) bond motifs is 3. The summed E-state index contributed by atoms with van der Waals surface area (Å²) in [6.07, 6.45) is 10.3. The van der Waals surface area contributed by atoms with E-state index in [9.17, 15) is 0 Å². The molecular weight excluding hydrogens is 146 g/mol. The largest absolute Gasteiger partial charge is 0.330 e. The van der Waals surface area contributed by atoms with Gasteiger partial charge in [-0.3, -0.25) is 0 Å². The Morgan fingerprint density at radius 3 is 2.33 bits per heavy atom. The van der Waals surface area contributed by atoms with E-state index >= 15 is 0 Å². The highest BCUT2D eigenvalue weighted by atomic mass is 14.5. The first-order valence-electron chi connectivity index (χ1n) is 5.60. The summed E-state index contributed by atoms with van der Waals surface area (Å²) in [4.78, 5) is 0. The van der Waals surface area contributed by atoms with E-state index in [-0.39, 0.29) is 0 Å². The summed E-state index contributed by atoms with van der Waals surface area (Å²) in [5.41, 5.74) is 5.54. The average molecular weight is 167 g/mol. The zero-order valence-corrected chi connectivity index (χ0v) is 7.97. The normalized spacial score (nSPS) is 40.2. The van der Waals surface area contributed by atoms with Crippen LogP contribution in [0.25, 0.3) is 0 Å². The van der Waals surface area contributed by atoms with E-state index in [0.29, 0.717) is 0 Å². The molecule has 1 heteroatoms. The zero-order valence-electron chi connectivity index (χ0n) is 7.97. The van der Waals surface area contributed by atoms with Crippen LogP contribution in [0.4, 0.5) is 0 Å². The van der Waals surface area contributed by atoms with Gasteiger partial charge in [-0.1, -0.05) is 12.8 Å². The van der Waals surface area contributed by atoms with E-state index in [0.717, 1.165) is 24.3 Å². The van der Waals surface area contributed by atoms with Gasteiger partial charge in [-0.05, 0) is 56.4 Å². The SMILES string of the molecule is NCCCC1CC2CCC1CC2. The molecule has 1 atom stereocenters. The van der Waals surface area contributed by atoms with Crippen LogP contribution in [0.5, 0.6) is 0 Å². The molecule has 1 nitrogen and oxygen atoms in total. The van der Waals surface area contributed by atoms with Gasteiger partial charge in [0.2, 0.25) is 0 Å². The molecule has 3 fully saturated rings. The zero-order chi connectivity index (χ0) is 8.39. The number of hydrogen-bond acceptors (Lipinski definition) is 1. The molecular formula is C11H21N. The van der Waals surface area contributed by atoms with Crippen LogP contribution in [-0.4, -0.2) is 6.54 Å². The fraction of sp³-hybridized carbons (Fsp3) is 1.00. The van der Waals surface area contributed by atoms with E-state index in [1.165, 1.54) is 44.9 Å². The van der Waals surface area contributed by atoms with Crippen LogP contribution < -0.4 is 5.73 Å². The van der Waals surface area contributed by atoms with E-state index in [1.807, 2.05) is 0 Å². The molecule has 70 valence electrons. The third-order valence-corrected chi connectivity index (χ3v) is 3.97. The van der Waals surface area contributed by atoms with Crippen LogP contribution in [0.3, 0.4) is 0 Å². The molecule has 3 rings (SSSR count). The molecule has 2 N–H and O–H groups in total. The van der Waals surface area contributed by atoms with Crippen molar-refractivity contribution in [3.05, 3.63) is 0 Å². The highest BCUT2D eigenvalue weighted by Gasteiger charge is 2.34. The van der Waals surface area contributed by atoms with Crippen molar-refractivity contribution >= 4 is 0 Å². The predicted molar refractivity (Wildman–Crippen MR) is 51.8 cm³/mol. The second kappa shape index (κ2) is 3.78. The van der Waals surface area contributed by atoms with Gasteiger partial charge in [0.25, 0.3) is 0 Å². The smallest absolute Gasteiger partial charge is 0.00772 e. The quantitative estimate of drug-likeness (QED) is 0.687. The van der Waals surface area contributed by atoms with Crippen molar-refractivity contribution in [2.75, 3.05) is 6.54 Å². The van der Waals surface area contributed by atoms with Gasteiger partial charge in [-0.15, -0.1) is 0 Å². The molecule has 3 saturated carbocycles. The summed E-state index contributed by atoms with van der Waals surface area (Å²) in [6.45, 7) is 0.897. The van der Waals surface area contributed by atoms with Gasteiger partial charge >= 0.3 is 0 Å². The van der Waals surface area contributed by atoms with Crippen LogP contribution in [0.2, 0.25) is 0 Å². The Kier molecular flexibility index (Phi) is 2.69. The minimum Gasteiger partial charge on any atom is -0.330 e. The summed E-state index contributed by atoms with van der Waals surface area (Å²) in [7, 11) is 0. The second-order valence-corrected chi connectivity index (χ2v) is 4.71. The van der Waals surface area contributed by atoms with Crippen molar-refractivity contribution in [2.45, 2.75) is 44.9 Å². The molecule has 0 aromatic heterocycles. The van der Waals surface area contributed by atoms with Gasteiger partial charge < -0.3 is 5.73 Å². The summed E-state index contributed by atoms with van der Waals surface area (Å²) in [5, 5.41) is 0. The summed E-state index contributed by atoms with van der Waals surface area (Å²) in [5.74, 6) is 3.24. The molecule has 0 aliphatic heterocycles. The van der Waals surface area contributed by atoms with Gasteiger partial charge in [-0.2, -0.15) is 0 Å². The number of rotatable bonds is 3. The molecule has 0 aromatic rings. The monoisotopic (exact) mass is 167 g/mol. The van der Waals surface area contributed by atoms with Gasteiger partial charge in [0.15, 0.2) is 0 Å². The first-order valence-corrected chi connectivity index (χ1v) is 5.60. The molecule has 0 amide bonds. The first-order chi connectivity index (χ1) is 5.90. The van der Waals surface area contributed by atoms with Crippen molar-refractivity contribution < 1.29 is 0 Å². The minimum atomic E-state index is 0.897. The standard InChI is InChI=1S/C11H21N/c12-7-1-2-11-8-9-3-5-10(11)6-4-9/h9-11H,1-8,12H2. The molecule has 3 aliphatic rings. The van der Waals surface area contributed by atoms with E-state index in [1.54, 1.807) is 0 Å². The van der Waals surface area contributed by atoms with Crippen LogP contribution in [0.15, 0.2) is 0 Å². The number of hydrogen-bond donors (Lipinski definition) is 1. The van der Waals surface area contributed by atoms with E-state index in [2.05, 4.69) is 0 Å². The van der Waals surface area contributed by atoms with Crippen LogP contribution in [0.1, 0.15) is 44.9 Å². The lowest BCUT2D eigenvalue weighted by Gasteiger charge is -2.42. The van der Waals surface area contributed by atoms with Gasteiger partial charge in [-0.25, -0.2) is 0 Å². The Morgan fingerprint density at radius 2 is 1.83 bits per heavy atom. The van der Waals surface area contributed by atoms with Gasteiger partial charge in [0, 0.05) is 0 Å². The summed E-state index contributed by atoms with van der Waals surface area (Å²) < 4.78 is 0. The molecule has 2 bridgehead atoms. The topological polar surface area (TPSA) is 26.0 Å². The molecule has 0 aromatic carbocycles. The minimum absolute atomic E-state index is 0.897. The van der Waals surface area contributed by atoms with Gasteiger partial charge in [0.05, 0.1) is 0 Å². The Hall–Kier alpha value is -0.0400. The third kappa shape index (κ3) is 1.66. The Bertz CT molecular complexity index is 136. The first kappa shape index (κ1) is 8.55. The highest BCUT2D eigenvalue weighted by Crippen LogP contribution is 2.46. The number of nitrogens with two attached hydrogens (primary N) is 1. The van der Waals surface area contributed by atoms with Crippen molar-refractivity contribution in [1.82, 2.24) is 0 Å². The van der Waals surface area contributed by atoms with Crippen molar-refractivity contribution in [1.29, 1.82) is 0 Å². The lowest BCUT2D eigenvalue weighted by Crippen LogP contribution is -2.31. The Morgan fingerprint density at radius 1 is 1.08 bits per heavy atom. The molecule has 0 saturated heterocycles. The molecule has 0 spiro atoms. The second-order valence-electron chi connectivity index (χ2n) is 4.71. The Balaban J connectivity index is 1.82. The molecule has 0 heterocycles. The van der Waals surface area contributed by atoms with Crippen molar-refractivity contribution in [3.8, 4) is 0 Å². The van der Waals surface area contributed by atoms with Crippen LogP contribution in [-0.2, 0) is 0 Å². The molecule has 0 radical (unpaired) electrons. The summed E-state index contributed by atoms with van der Waals surface area (Å²) >= 11 is 0. The van der Waals surface area contributed by atoms with Gasteiger partial charge in [0.1, 0.15) is 0 Å². The molecule has 3 aliphatic carbocycles. The Labute approximate surface area is 75.7 Å². The van der Waals surface area contributed by atoms with E-state index < -0.39 is 0 Å². The summed E-state index contributed by atoms with van der Waals surface area (Å²) in [6, 6.07) is 0. The fourth-order valence-electron chi connectivity index (χ4n) is 3.25. The average Bonchev–Trinajstić information content (AvgIpc) is 2.17. The maximum Gasteiger partial charge on any atom is -0.00772 e. The lowest BCUT2D eigenvalue weighted by atomic mass is 9.63.